The van der Waals surface area contributed by atoms with Gasteiger partial charge in [-0.25, -0.2) is 0 Å². The minimum Gasteiger partial charge on any atom is -0.388 e. The van der Waals surface area contributed by atoms with Crippen LogP contribution < -0.4 is 5.32 Å². The van der Waals surface area contributed by atoms with Gasteiger partial charge >= 0.3 is 0 Å². The summed E-state index contributed by atoms with van der Waals surface area (Å²) in [6.45, 7) is 6.90. The molecule has 0 aromatic heterocycles. The topological polar surface area (TPSA) is 49.3 Å². The summed E-state index contributed by atoms with van der Waals surface area (Å²) in [4.78, 5) is 12.2. The van der Waals surface area contributed by atoms with Gasteiger partial charge in [0.15, 0.2) is 0 Å². The van der Waals surface area contributed by atoms with Gasteiger partial charge in [-0.05, 0) is 44.4 Å². The first kappa shape index (κ1) is 17.5. The number of hydrogen-bond acceptors (Lipinski definition) is 2. The molecule has 0 aromatic rings. The van der Waals surface area contributed by atoms with E-state index in [9.17, 15) is 9.90 Å². The van der Waals surface area contributed by atoms with Crippen LogP contribution in [0.5, 0.6) is 0 Å². The third-order valence-electron chi connectivity index (χ3n) is 4.85. The van der Waals surface area contributed by atoms with Crippen LogP contribution >= 0.6 is 0 Å². The van der Waals surface area contributed by atoms with Gasteiger partial charge in [-0.1, -0.05) is 40.0 Å². The monoisotopic (exact) mass is 283 g/mol. The molecule has 1 aliphatic rings. The van der Waals surface area contributed by atoms with E-state index < -0.39 is 5.60 Å². The third kappa shape index (κ3) is 5.43. The fraction of sp³-hybridized carbons (Fsp3) is 0.941. The lowest BCUT2D eigenvalue weighted by Crippen LogP contribution is -2.46. The van der Waals surface area contributed by atoms with Crippen molar-refractivity contribution in [2.75, 3.05) is 6.54 Å². The van der Waals surface area contributed by atoms with Gasteiger partial charge in [0.25, 0.3) is 0 Å². The van der Waals surface area contributed by atoms with Crippen molar-refractivity contribution in [3.05, 3.63) is 0 Å². The highest BCUT2D eigenvalue weighted by atomic mass is 16.3. The van der Waals surface area contributed by atoms with E-state index in [1.54, 1.807) is 0 Å². The summed E-state index contributed by atoms with van der Waals surface area (Å²) in [5.41, 5.74) is -0.662. The number of amides is 1. The Morgan fingerprint density at radius 1 is 1.20 bits per heavy atom. The molecule has 20 heavy (non-hydrogen) atoms. The van der Waals surface area contributed by atoms with Gasteiger partial charge in [-0.3, -0.25) is 4.79 Å². The van der Waals surface area contributed by atoms with Crippen LogP contribution in [0.3, 0.4) is 0 Å². The van der Waals surface area contributed by atoms with E-state index in [2.05, 4.69) is 26.1 Å². The second kappa shape index (κ2) is 8.66. The van der Waals surface area contributed by atoms with Crippen molar-refractivity contribution in [2.45, 2.75) is 84.2 Å². The molecule has 1 amide bonds. The van der Waals surface area contributed by atoms with E-state index >= 15 is 0 Å². The molecule has 0 atom stereocenters. The predicted molar refractivity (Wildman–Crippen MR) is 83.5 cm³/mol. The number of nitrogens with one attached hydrogen (secondary N) is 1. The molecule has 0 aliphatic heterocycles. The van der Waals surface area contributed by atoms with E-state index in [4.69, 9.17) is 0 Å². The predicted octanol–water partition coefficient (Wildman–Crippen LogP) is 3.65. The fourth-order valence-electron chi connectivity index (χ4n) is 3.30. The standard InChI is InChI=1S/C17H33NO2/c1-4-7-15(8-5-2)16(19)18-13-17(20)11-9-14(6-3)10-12-17/h14-15,20H,4-13H2,1-3H3,(H,18,19). The highest BCUT2D eigenvalue weighted by Crippen LogP contribution is 2.33. The Labute approximate surface area is 124 Å². The van der Waals surface area contributed by atoms with Gasteiger partial charge in [-0.2, -0.15) is 0 Å². The molecule has 2 N–H and O–H groups in total. The summed E-state index contributed by atoms with van der Waals surface area (Å²) in [6, 6.07) is 0. The molecule has 3 heteroatoms. The summed E-state index contributed by atoms with van der Waals surface area (Å²) in [5.74, 6) is 1.03. The van der Waals surface area contributed by atoms with E-state index in [0.717, 1.165) is 57.3 Å². The molecule has 0 unspecified atom stereocenters. The summed E-state index contributed by atoms with van der Waals surface area (Å²) in [7, 11) is 0. The molecule has 0 heterocycles. The van der Waals surface area contributed by atoms with Gasteiger partial charge in [0.05, 0.1) is 5.60 Å². The van der Waals surface area contributed by atoms with Gasteiger partial charge in [0.2, 0.25) is 5.91 Å². The zero-order valence-corrected chi connectivity index (χ0v) is 13.6. The van der Waals surface area contributed by atoms with Crippen molar-refractivity contribution in [2.24, 2.45) is 11.8 Å². The summed E-state index contributed by atoms with van der Waals surface area (Å²) >= 11 is 0. The molecule has 0 aromatic carbocycles. The Kier molecular flexibility index (Phi) is 7.57. The number of carbonyl (C=O) groups is 1. The zero-order chi connectivity index (χ0) is 15.0. The first-order chi connectivity index (χ1) is 9.54. The van der Waals surface area contributed by atoms with Crippen LogP contribution in [0.2, 0.25) is 0 Å². The molecule has 1 aliphatic carbocycles. The molecule has 1 fully saturated rings. The van der Waals surface area contributed by atoms with Crippen molar-refractivity contribution in [1.82, 2.24) is 5.32 Å². The Balaban J connectivity index is 2.39. The quantitative estimate of drug-likeness (QED) is 0.714. The fourth-order valence-corrected chi connectivity index (χ4v) is 3.30. The van der Waals surface area contributed by atoms with Crippen molar-refractivity contribution < 1.29 is 9.90 Å². The lowest BCUT2D eigenvalue weighted by Gasteiger charge is -2.36. The van der Waals surface area contributed by atoms with Crippen molar-refractivity contribution >= 4 is 5.91 Å². The highest BCUT2D eigenvalue weighted by Gasteiger charge is 2.33. The third-order valence-corrected chi connectivity index (χ3v) is 4.85. The Bertz CT molecular complexity index is 277. The maximum atomic E-state index is 12.2. The van der Waals surface area contributed by atoms with E-state index in [0.29, 0.717) is 6.54 Å². The lowest BCUT2D eigenvalue weighted by atomic mass is 9.78. The second-order valence-electron chi connectivity index (χ2n) is 6.57. The molecule has 0 radical (unpaired) electrons. The van der Waals surface area contributed by atoms with E-state index in [-0.39, 0.29) is 11.8 Å². The smallest absolute Gasteiger partial charge is 0.223 e. The molecule has 0 spiro atoms. The Morgan fingerprint density at radius 2 is 1.75 bits per heavy atom. The Morgan fingerprint density at radius 3 is 2.20 bits per heavy atom. The van der Waals surface area contributed by atoms with E-state index in [1.807, 2.05) is 0 Å². The van der Waals surface area contributed by atoms with Crippen molar-refractivity contribution in [3.8, 4) is 0 Å². The minimum absolute atomic E-state index is 0.126. The van der Waals surface area contributed by atoms with Gasteiger partial charge in [-0.15, -0.1) is 0 Å². The van der Waals surface area contributed by atoms with Crippen LogP contribution in [-0.4, -0.2) is 23.2 Å². The molecule has 1 rings (SSSR count). The first-order valence-corrected chi connectivity index (χ1v) is 8.54. The van der Waals surface area contributed by atoms with Crippen LogP contribution in [0.1, 0.15) is 78.6 Å². The molecule has 0 bridgehead atoms. The number of aliphatic hydroxyl groups is 1. The number of rotatable bonds is 8. The van der Waals surface area contributed by atoms with Crippen molar-refractivity contribution in [3.63, 3.8) is 0 Å². The normalized spacial score (nSPS) is 26.8. The maximum Gasteiger partial charge on any atom is 0.223 e. The average Bonchev–Trinajstić information content (AvgIpc) is 2.45. The van der Waals surface area contributed by atoms with Crippen LogP contribution in [0.15, 0.2) is 0 Å². The molecule has 1 saturated carbocycles. The zero-order valence-electron chi connectivity index (χ0n) is 13.6. The molecule has 3 nitrogen and oxygen atoms in total. The molecular formula is C17H33NO2. The molecular weight excluding hydrogens is 250 g/mol. The van der Waals surface area contributed by atoms with Crippen LogP contribution in [0.4, 0.5) is 0 Å². The lowest BCUT2D eigenvalue weighted by molar-refractivity contribution is -0.127. The average molecular weight is 283 g/mol. The van der Waals surface area contributed by atoms with Gasteiger partial charge in [0.1, 0.15) is 0 Å². The molecule has 0 saturated heterocycles. The maximum absolute atomic E-state index is 12.2. The SMILES string of the molecule is CCCC(CCC)C(=O)NCC1(O)CCC(CC)CC1. The van der Waals surface area contributed by atoms with Gasteiger partial charge < -0.3 is 10.4 Å². The Hall–Kier alpha value is -0.570. The van der Waals surface area contributed by atoms with Crippen molar-refractivity contribution in [1.29, 1.82) is 0 Å². The number of carbonyl (C=O) groups excluding carboxylic acids is 1. The van der Waals surface area contributed by atoms with Crippen LogP contribution in [-0.2, 0) is 4.79 Å². The summed E-state index contributed by atoms with van der Waals surface area (Å²) in [6.07, 6.45) is 9.05. The minimum atomic E-state index is -0.662. The highest BCUT2D eigenvalue weighted by molar-refractivity contribution is 5.78. The second-order valence-corrected chi connectivity index (χ2v) is 6.57. The van der Waals surface area contributed by atoms with Gasteiger partial charge in [0, 0.05) is 12.5 Å². The van der Waals surface area contributed by atoms with Crippen LogP contribution in [0.25, 0.3) is 0 Å². The number of hydrogen-bond donors (Lipinski definition) is 2. The first-order valence-electron chi connectivity index (χ1n) is 8.54. The molecule has 118 valence electrons. The largest absolute Gasteiger partial charge is 0.388 e. The summed E-state index contributed by atoms with van der Waals surface area (Å²) in [5, 5.41) is 13.6. The van der Waals surface area contributed by atoms with Crippen LogP contribution in [0, 0.1) is 11.8 Å². The summed E-state index contributed by atoms with van der Waals surface area (Å²) < 4.78 is 0. The van der Waals surface area contributed by atoms with E-state index in [1.165, 1.54) is 6.42 Å².